The highest BCUT2D eigenvalue weighted by Crippen LogP contribution is 2.12. The molecule has 0 unspecified atom stereocenters. The molecule has 0 saturated carbocycles. The molecule has 23 heavy (non-hydrogen) atoms. The molecule has 0 aliphatic heterocycles. The van der Waals surface area contributed by atoms with Crippen molar-refractivity contribution in [3.63, 3.8) is 0 Å². The lowest BCUT2D eigenvalue weighted by Gasteiger charge is -2.01. The molecule has 0 fully saturated rings. The van der Waals surface area contributed by atoms with Crippen LogP contribution in [-0.4, -0.2) is 17.0 Å². The molecular formula is C17H17N3O3. The molecule has 118 valence electrons. The van der Waals surface area contributed by atoms with Gasteiger partial charge in [-0.15, -0.1) is 0 Å². The largest absolute Gasteiger partial charge is 0.271 e. The normalized spacial score (nSPS) is 10.7. The van der Waals surface area contributed by atoms with E-state index >= 15 is 0 Å². The van der Waals surface area contributed by atoms with Gasteiger partial charge in [0.1, 0.15) is 0 Å². The van der Waals surface area contributed by atoms with Crippen LogP contribution in [0.4, 0.5) is 5.69 Å². The highest BCUT2D eigenvalue weighted by Gasteiger charge is 2.10. The van der Waals surface area contributed by atoms with E-state index in [4.69, 9.17) is 0 Å². The molecule has 0 heterocycles. The quantitative estimate of drug-likeness (QED) is 0.504. The second-order valence-corrected chi connectivity index (χ2v) is 5.00. The first kappa shape index (κ1) is 16.4. The number of rotatable bonds is 6. The standard InChI is InChI=1S/C17H17N3O3/c1-2-4-13-7-9-14(10-8-13)12-18-19-17(21)15-5-3-6-16(11-15)20(22)23/h3,5-12H,2,4H2,1H3,(H,19,21)/b18-12+. The average molecular weight is 311 g/mol. The lowest BCUT2D eigenvalue weighted by atomic mass is 10.1. The van der Waals surface area contributed by atoms with Crippen LogP contribution in [0.25, 0.3) is 0 Å². The fourth-order valence-electron chi connectivity index (χ4n) is 2.05. The minimum atomic E-state index is -0.544. The Morgan fingerprint density at radius 1 is 1.26 bits per heavy atom. The molecule has 0 aliphatic carbocycles. The van der Waals surface area contributed by atoms with Crippen LogP contribution < -0.4 is 5.43 Å². The van der Waals surface area contributed by atoms with E-state index in [1.54, 1.807) is 0 Å². The van der Waals surface area contributed by atoms with Crippen molar-refractivity contribution in [2.75, 3.05) is 0 Å². The van der Waals surface area contributed by atoms with Gasteiger partial charge in [0, 0.05) is 17.7 Å². The summed E-state index contributed by atoms with van der Waals surface area (Å²) in [7, 11) is 0. The Kier molecular flexibility index (Phi) is 5.57. The van der Waals surface area contributed by atoms with Crippen molar-refractivity contribution in [3.05, 3.63) is 75.3 Å². The summed E-state index contributed by atoms with van der Waals surface area (Å²) in [6, 6.07) is 13.4. The van der Waals surface area contributed by atoms with E-state index in [0.29, 0.717) is 0 Å². The van der Waals surface area contributed by atoms with Gasteiger partial charge in [0.15, 0.2) is 0 Å². The Morgan fingerprint density at radius 3 is 2.65 bits per heavy atom. The number of carbonyl (C=O) groups excluding carboxylic acids is 1. The Morgan fingerprint density at radius 2 is 2.00 bits per heavy atom. The van der Waals surface area contributed by atoms with Crippen molar-refractivity contribution in [3.8, 4) is 0 Å². The Balaban J connectivity index is 1.98. The molecule has 6 nitrogen and oxygen atoms in total. The zero-order valence-corrected chi connectivity index (χ0v) is 12.7. The van der Waals surface area contributed by atoms with Gasteiger partial charge in [0.05, 0.1) is 11.1 Å². The number of hydrazone groups is 1. The maximum Gasteiger partial charge on any atom is 0.271 e. The van der Waals surface area contributed by atoms with Crippen molar-refractivity contribution in [1.29, 1.82) is 0 Å². The van der Waals surface area contributed by atoms with Crippen LogP contribution in [0.5, 0.6) is 0 Å². The molecule has 0 spiro atoms. The molecule has 1 N–H and O–H groups in total. The highest BCUT2D eigenvalue weighted by atomic mass is 16.6. The molecule has 0 saturated heterocycles. The van der Waals surface area contributed by atoms with E-state index in [-0.39, 0.29) is 11.3 Å². The molecular weight excluding hydrogens is 294 g/mol. The van der Waals surface area contributed by atoms with E-state index in [0.717, 1.165) is 18.4 Å². The number of amides is 1. The van der Waals surface area contributed by atoms with Crippen LogP contribution in [0.3, 0.4) is 0 Å². The van der Waals surface area contributed by atoms with Gasteiger partial charge >= 0.3 is 0 Å². The second-order valence-electron chi connectivity index (χ2n) is 5.00. The van der Waals surface area contributed by atoms with Gasteiger partial charge < -0.3 is 0 Å². The van der Waals surface area contributed by atoms with E-state index in [2.05, 4.69) is 17.5 Å². The van der Waals surface area contributed by atoms with Crippen LogP contribution in [0.1, 0.15) is 34.8 Å². The summed E-state index contributed by atoms with van der Waals surface area (Å²) in [6.45, 7) is 2.12. The predicted octanol–water partition coefficient (Wildman–Crippen LogP) is 3.31. The number of nitrogens with zero attached hydrogens (tertiary/aromatic N) is 2. The number of hydrogen-bond acceptors (Lipinski definition) is 4. The first-order valence-electron chi connectivity index (χ1n) is 7.27. The number of hydrogen-bond donors (Lipinski definition) is 1. The minimum absolute atomic E-state index is 0.131. The summed E-state index contributed by atoms with van der Waals surface area (Å²) in [4.78, 5) is 22.1. The van der Waals surface area contributed by atoms with Crippen LogP contribution in [0, 0.1) is 10.1 Å². The van der Waals surface area contributed by atoms with Gasteiger partial charge in [0.25, 0.3) is 11.6 Å². The van der Waals surface area contributed by atoms with E-state index < -0.39 is 10.8 Å². The molecule has 0 atom stereocenters. The van der Waals surface area contributed by atoms with Crippen LogP contribution in [0.2, 0.25) is 0 Å². The number of non-ortho nitro benzene ring substituents is 1. The fourth-order valence-corrected chi connectivity index (χ4v) is 2.05. The van der Waals surface area contributed by atoms with Gasteiger partial charge in [-0.2, -0.15) is 5.10 Å². The third kappa shape index (κ3) is 4.74. The summed E-state index contributed by atoms with van der Waals surface area (Å²) >= 11 is 0. The van der Waals surface area contributed by atoms with Gasteiger partial charge in [0.2, 0.25) is 0 Å². The lowest BCUT2D eigenvalue weighted by molar-refractivity contribution is -0.384. The summed E-state index contributed by atoms with van der Waals surface area (Å²) in [5, 5.41) is 14.6. The smallest absolute Gasteiger partial charge is 0.267 e. The second kappa shape index (κ2) is 7.84. The third-order valence-electron chi connectivity index (χ3n) is 3.22. The molecule has 0 aliphatic rings. The van der Waals surface area contributed by atoms with Gasteiger partial charge in [-0.25, -0.2) is 5.43 Å². The predicted molar refractivity (Wildman–Crippen MR) is 88.6 cm³/mol. The number of carbonyl (C=O) groups is 1. The van der Waals surface area contributed by atoms with E-state index in [1.165, 1.54) is 36.0 Å². The number of nitro groups is 1. The summed E-state index contributed by atoms with van der Waals surface area (Å²) in [6.07, 6.45) is 3.65. The zero-order chi connectivity index (χ0) is 16.7. The Labute approximate surface area is 134 Å². The topological polar surface area (TPSA) is 84.6 Å². The molecule has 2 rings (SSSR count). The van der Waals surface area contributed by atoms with Gasteiger partial charge in [-0.3, -0.25) is 14.9 Å². The molecule has 2 aromatic carbocycles. The Hall–Kier alpha value is -3.02. The van der Waals surface area contributed by atoms with Crippen molar-refractivity contribution < 1.29 is 9.72 Å². The maximum atomic E-state index is 11.9. The Bertz CT molecular complexity index is 724. The van der Waals surface area contributed by atoms with Gasteiger partial charge in [-0.05, 0) is 23.6 Å². The molecule has 2 aromatic rings. The summed E-state index contributed by atoms with van der Waals surface area (Å²) in [5.74, 6) is -0.493. The third-order valence-corrected chi connectivity index (χ3v) is 3.22. The van der Waals surface area contributed by atoms with Crippen molar-refractivity contribution >= 4 is 17.8 Å². The molecule has 0 radical (unpaired) electrons. The molecule has 0 bridgehead atoms. The molecule has 0 aromatic heterocycles. The molecule has 6 heteroatoms. The first-order chi connectivity index (χ1) is 11.1. The SMILES string of the molecule is CCCc1ccc(/C=N/NC(=O)c2cccc([N+](=O)[O-])c2)cc1. The van der Waals surface area contributed by atoms with Crippen LogP contribution in [0.15, 0.2) is 53.6 Å². The maximum absolute atomic E-state index is 11.9. The fraction of sp³-hybridized carbons (Fsp3) is 0.176. The monoisotopic (exact) mass is 311 g/mol. The van der Waals surface area contributed by atoms with Crippen LogP contribution in [-0.2, 0) is 6.42 Å². The van der Waals surface area contributed by atoms with E-state index in [9.17, 15) is 14.9 Å². The van der Waals surface area contributed by atoms with Gasteiger partial charge in [-0.1, -0.05) is 43.7 Å². The summed E-state index contributed by atoms with van der Waals surface area (Å²) in [5.41, 5.74) is 4.54. The highest BCUT2D eigenvalue weighted by molar-refractivity contribution is 5.95. The average Bonchev–Trinajstić information content (AvgIpc) is 2.56. The number of aryl methyl sites for hydroxylation is 1. The van der Waals surface area contributed by atoms with Crippen molar-refractivity contribution in [1.82, 2.24) is 5.43 Å². The van der Waals surface area contributed by atoms with Crippen molar-refractivity contribution in [2.45, 2.75) is 19.8 Å². The first-order valence-corrected chi connectivity index (χ1v) is 7.27. The summed E-state index contributed by atoms with van der Waals surface area (Å²) < 4.78 is 0. The lowest BCUT2D eigenvalue weighted by Crippen LogP contribution is -2.17. The van der Waals surface area contributed by atoms with E-state index in [1.807, 2.05) is 24.3 Å². The molecule has 1 amide bonds. The van der Waals surface area contributed by atoms with Crippen LogP contribution >= 0.6 is 0 Å². The minimum Gasteiger partial charge on any atom is -0.267 e. The number of nitro benzene ring substituents is 1. The number of benzene rings is 2. The zero-order valence-electron chi connectivity index (χ0n) is 12.7. The van der Waals surface area contributed by atoms with Crippen molar-refractivity contribution in [2.24, 2.45) is 5.10 Å². The number of nitrogens with one attached hydrogen (secondary N) is 1.